The van der Waals surface area contributed by atoms with Crippen LogP contribution in [0.2, 0.25) is 0 Å². The number of hydrogen-bond donors (Lipinski definition) is 1. The fourth-order valence-corrected chi connectivity index (χ4v) is 3.60. The number of aliphatic imine (C=N–C) groups is 1. The van der Waals surface area contributed by atoms with Gasteiger partial charge < -0.3 is 15.1 Å². The van der Waals surface area contributed by atoms with E-state index in [1.165, 1.54) is 31.7 Å². The van der Waals surface area contributed by atoms with E-state index in [4.69, 9.17) is 0 Å². The number of rotatable bonds is 4. The van der Waals surface area contributed by atoms with Crippen molar-refractivity contribution in [3.05, 3.63) is 0 Å². The summed E-state index contributed by atoms with van der Waals surface area (Å²) in [5.74, 6) is 2.32. The lowest BCUT2D eigenvalue weighted by Gasteiger charge is -2.35. The highest BCUT2D eigenvalue weighted by molar-refractivity contribution is 8.00. The van der Waals surface area contributed by atoms with E-state index in [-0.39, 0.29) is 0 Å². The van der Waals surface area contributed by atoms with Crippen molar-refractivity contribution in [3.8, 4) is 0 Å². The van der Waals surface area contributed by atoms with Gasteiger partial charge >= 0.3 is 0 Å². The molecule has 0 radical (unpaired) electrons. The molecule has 2 aliphatic heterocycles. The molecule has 0 aliphatic carbocycles. The van der Waals surface area contributed by atoms with Crippen molar-refractivity contribution in [1.82, 2.24) is 15.1 Å². The summed E-state index contributed by atoms with van der Waals surface area (Å²) in [5.41, 5.74) is 0. The fraction of sp³-hybridized carbons (Fsp3) is 0.923. The molecule has 2 aliphatic rings. The Morgan fingerprint density at radius 1 is 1.39 bits per heavy atom. The smallest absolute Gasteiger partial charge is 0.193 e. The van der Waals surface area contributed by atoms with Gasteiger partial charge in [0.1, 0.15) is 0 Å². The van der Waals surface area contributed by atoms with Gasteiger partial charge in [0, 0.05) is 44.2 Å². The van der Waals surface area contributed by atoms with Crippen LogP contribution in [-0.2, 0) is 0 Å². The molecule has 18 heavy (non-hydrogen) atoms. The molecule has 0 aromatic rings. The van der Waals surface area contributed by atoms with E-state index in [2.05, 4.69) is 38.8 Å². The van der Waals surface area contributed by atoms with Crippen LogP contribution < -0.4 is 5.32 Å². The molecule has 5 heteroatoms. The third kappa shape index (κ3) is 3.79. The second kappa shape index (κ2) is 7.24. The molecule has 2 saturated heterocycles. The molecule has 2 heterocycles. The standard InChI is InChI=1S/C13H26N4S/c1-3-12-11-17(9-10-18-12)13(14-2)15-5-8-16-6-4-7-16/h12H,3-11H2,1-2H3,(H,14,15). The normalized spacial score (nSPS) is 26.0. The summed E-state index contributed by atoms with van der Waals surface area (Å²) in [6.45, 7) is 9.28. The van der Waals surface area contributed by atoms with Crippen molar-refractivity contribution in [2.45, 2.75) is 25.0 Å². The molecule has 1 atom stereocenters. The van der Waals surface area contributed by atoms with Crippen molar-refractivity contribution in [2.24, 2.45) is 4.99 Å². The molecule has 4 nitrogen and oxygen atoms in total. The Morgan fingerprint density at radius 3 is 2.83 bits per heavy atom. The first-order valence-electron chi connectivity index (χ1n) is 7.13. The zero-order valence-corrected chi connectivity index (χ0v) is 12.5. The number of guanidine groups is 1. The Hall–Kier alpha value is -0.420. The largest absolute Gasteiger partial charge is 0.355 e. The van der Waals surface area contributed by atoms with E-state index in [1.807, 2.05) is 7.05 Å². The molecular formula is C13H26N4S. The summed E-state index contributed by atoms with van der Waals surface area (Å²) < 4.78 is 0. The summed E-state index contributed by atoms with van der Waals surface area (Å²) in [6.07, 6.45) is 2.63. The number of nitrogens with zero attached hydrogens (tertiary/aromatic N) is 3. The second-order valence-electron chi connectivity index (χ2n) is 5.02. The minimum atomic E-state index is 0.771. The van der Waals surface area contributed by atoms with Gasteiger partial charge in [-0.15, -0.1) is 0 Å². The van der Waals surface area contributed by atoms with E-state index in [0.717, 1.165) is 37.4 Å². The summed E-state index contributed by atoms with van der Waals surface area (Å²) >= 11 is 2.10. The Balaban J connectivity index is 1.73. The average molecular weight is 270 g/mol. The van der Waals surface area contributed by atoms with Crippen molar-refractivity contribution in [3.63, 3.8) is 0 Å². The first kappa shape index (κ1) is 14.0. The average Bonchev–Trinajstić information content (AvgIpc) is 2.37. The van der Waals surface area contributed by atoms with E-state index in [9.17, 15) is 0 Å². The van der Waals surface area contributed by atoms with Crippen LogP contribution in [0.4, 0.5) is 0 Å². The molecule has 0 aromatic carbocycles. The van der Waals surface area contributed by atoms with E-state index in [1.54, 1.807) is 0 Å². The van der Waals surface area contributed by atoms with Crippen LogP contribution in [0.1, 0.15) is 19.8 Å². The van der Waals surface area contributed by atoms with Crippen LogP contribution in [0.5, 0.6) is 0 Å². The molecule has 104 valence electrons. The zero-order chi connectivity index (χ0) is 12.8. The predicted octanol–water partition coefficient (Wildman–Crippen LogP) is 1.09. The Labute approximate surface area is 115 Å². The lowest BCUT2D eigenvalue weighted by Crippen LogP contribution is -2.50. The topological polar surface area (TPSA) is 30.9 Å². The minimum absolute atomic E-state index is 0.771. The van der Waals surface area contributed by atoms with Crippen LogP contribution in [0, 0.1) is 0 Å². The number of hydrogen-bond acceptors (Lipinski definition) is 3. The molecule has 0 aromatic heterocycles. The Bertz CT molecular complexity index is 278. The van der Waals surface area contributed by atoms with Crippen molar-refractivity contribution >= 4 is 17.7 Å². The monoisotopic (exact) mass is 270 g/mol. The molecule has 1 unspecified atom stereocenters. The summed E-state index contributed by atoms with van der Waals surface area (Å²) in [6, 6.07) is 0. The predicted molar refractivity (Wildman–Crippen MR) is 80.5 cm³/mol. The molecular weight excluding hydrogens is 244 g/mol. The van der Waals surface area contributed by atoms with Gasteiger partial charge in [0.15, 0.2) is 5.96 Å². The van der Waals surface area contributed by atoms with Crippen LogP contribution in [-0.4, -0.2) is 73.1 Å². The van der Waals surface area contributed by atoms with Gasteiger partial charge in [-0.3, -0.25) is 4.99 Å². The van der Waals surface area contributed by atoms with Crippen molar-refractivity contribution < 1.29 is 0 Å². The minimum Gasteiger partial charge on any atom is -0.355 e. The fourth-order valence-electron chi connectivity index (χ4n) is 2.42. The maximum Gasteiger partial charge on any atom is 0.193 e. The third-order valence-electron chi connectivity index (χ3n) is 3.77. The molecule has 0 saturated carbocycles. The molecule has 2 rings (SSSR count). The van der Waals surface area contributed by atoms with Crippen molar-refractivity contribution in [2.75, 3.05) is 52.1 Å². The van der Waals surface area contributed by atoms with Crippen LogP contribution in [0.3, 0.4) is 0 Å². The highest BCUT2D eigenvalue weighted by Gasteiger charge is 2.21. The van der Waals surface area contributed by atoms with Gasteiger partial charge in [-0.05, 0) is 25.9 Å². The lowest BCUT2D eigenvalue weighted by molar-refractivity contribution is 0.184. The van der Waals surface area contributed by atoms with Gasteiger partial charge in [0.25, 0.3) is 0 Å². The molecule has 0 bridgehead atoms. The molecule has 0 spiro atoms. The van der Waals surface area contributed by atoms with Gasteiger partial charge in [0.2, 0.25) is 0 Å². The van der Waals surface area contributed by atoms with Crippen LogP contribution in [0.15, 0.2) is 4.99 Å². The zero-order valence-electron chi connectivity index (χ0n) is 11.7. The van der Waals surface area contributed by atoms with Crippen LogP contribution in [0.25, 0.3) is 0 Å². The number of likely N-dealkylation sites (tertiary alicyclic amines) is 1. The first-order chi connectivity index (χ1) is 8.83. The second-order valence-corrected chi connectivity index (χ2v) is 6.42. The van der Waals surface area contributed by atoms with Gasteiger partial charge in [-0.25, -0.2) is 0 Å². The lowest BCUT2D eigenvalue weighted by atomic mass is 10.2. The third-order valence-corrected chi connectivity index (χ3v) is 5.14. The number of nitrogens with one attached hydrogen (secondary N) is 1. The first-order valence-corrected chi connectivity index (χ1v) is 8.18. The summed E-state index contributed by atoms with van der Waals surface area (Å²) in [5, 5.41) is 4.28. The quantitative estimate of drug-likeness (QED) is 0.612. The SMILES string of the molecule is CCC1CN(C(=NC)NCCN2CCC2)CCS1. The molecule has 0 amide bonds. The Kier molecular flexibility index (Phi) is 5.63. The van der Waals surface area contributed by atoms with E-state index in [0.29, 0.717) is 0 Å². The maximum absolute atomic E-state index is 4.42. The molecule has 1 N–H and O–H groups in total. The van der Waals surface area contributed by atoms with E-state index >= 15 is 0 Å². The van der Waals surface area contributed by atoms with Crippen molar-refractivity contribution in [1.29, 1.82) is 0 Å². The van der Waals surface area contributed by atoms with Gasteiger partial charge in [-0.2, -0.15) is 11.8 Å². The number of thioether (sulfide) groups is 1. The highest BCUT2D eigenvalue weighted by Crippen LogP contribution is 2.20. The van der Waals surface area contributed by atoms with Gasteiger partial charge in [-0.1, -0.05) is 6.92 Å². The van der Waals surface area contributed by atoms with E-state index < -0.39 is 0 Å². The maximum atomic E-state index is 4.42. The van der Waals surface area contributed by atoms with Gasteiger partial charge in [0.05, 0.1) is 0 Å². The van der Waals surface area contributed by atoms with Crippen LogP contribution >= 0.6 is 11.8 Å². The summed E-state index contributed by atoms with van der Waals surface area (Å²) in [4.78, 5) is 9.33. The Morgan fingerprint density at radius 2 is 2.22 bits per heavy atom. The molecule has 2 fully saturated rings. The highest BCUT2D eigenvalue weighted by atomic mass is 32.2. The summed E-state index contributed by atoms with van der Waals surface area (Å²) in [7, 11) is 1.90.